The van der Waals surface area contributed by atoms with Crippen LogP contribution in [0.3, 0.4) is 0 Å². The normalized spacial score (nSPS) is 20.5. The first kappa shape index (κ1) is 13.3. The summed E-state index contributed by atoms with van der Waals surface area (Å²) in [7, 11) is 0. The fourth-order valence-electron chi connectivity index (χ4n) is 3.53. The molecule has 1 aliphatic carbocycles. The monoisotopic (exact) mass is 368 g/mol. The lowest BCUT2D eigenvalue weighted by molar-refractivity contribution is -0.780. The van der Waals surface area contributed by atoms with E-state index in [1.165, 1.54) is 0 Å². The van der Waals surface area contributed by atoms with Gasteiger partial charge in [-0.1, -0.05) is 46.3 Å². The molecule has 3 aromatic rings. The molecule has 4 nitrogen and oxygen atoms in total. The van der Waals surface area contributed by atoms with E-state index in [4.69, 9.17) is 4.74 Å². The molecule has 1 saturated carbocycles. The van der Waals surface area contributed by atoms with Gasteiger partial charge in [-0.05, 0) is 33.5 Å². The first-order chi connectivity index (χ1) is 11.2. The van der Waals surface area contributed by atoms with Crippen molar-refractivity contribution in [3.05, 3.63) is 58.6 Å². The van der Waals surface area contributed by atoms with E-state index in [1.54, 1.807) is 6.07 Å². The first-order valence-corrected chi connectivity index (χ1v) is 8.43. The van der Waals surface area contributed by atoms with Gasteiger partial charge in [0.25, 0.3) is 0 Å². The highest BCUT2D eigenvalue weighted by atomic mass is 79.9. The average Bonchev–Trinajstić information content (AvgIpc) is 3.30. The van der Waals surface area contributed by atoms with E-state index < -0.39 is 0 Å². The molecule has 0 N–H and O–H groups in total. The molecule has 5 rings (SSSR count). The lowest BCUT2D eigenvalue weighted by Gasteiger charge is -2.12. The Morgan fingerprint density at radius 3 is 2.48 bits per heavy atom. The van der Waals surface area contributed by atoms with Gasteiger partial charge in [-0.15, -0.1) is 0 Å². The van der Waals surface area contributed by atoms with Crippen molar-refractivity contribution in [3.8, 4) is 11.8 Å². The van der Waals surface area contributed by atoms with Gasteiger partial charge in [-0.25, -0.2) is 0 Å². The number of benzene rings is 2. The Morgan fingerprint density at radius 1 is 1.09 bits per heavy atom. The van der Waals surface area contributed by atoms with E-state index in [9.17, 15) is 5.11 Å². The summed E-state index contributed by atoms with van der Waals surface area (Å²) in [5.74, 6) is 0.529. The summed E-state index contributed by atoms with van der Waals surface area (Å²) in [4.78, 5) is 0. The molecule has 114 valence electrons. The second kappa shape index (κ2) is 4.45. The van der Waals surface area contributed by atoms with Crippen LogP contribution in [0, 0.1) is 0 Å². The third kappa shape index (κ3) is 1.77. The van der Waals surface area contributed by atoms with E-state index in [1.807, 2.05) is 35.0 Å². The van der Waals surface area contributed by atoms with Crippen LogP contribution in [0.5, 0.6) is 11.8 Å². The highest BCUT2D eigenvalue weighted by Crippen LogP contribution is 2.55. The van der Waals surface area contributed by atoms with Crippen molar-refractivity contribution in [2.24, 2.45) is 0 Å². The molecule has 0 saturated heterocycles. The zero-order valence-electron chi connectivity index (χ0n) is 12.2. The summed E-state index contributed by atoms with van der Waals surface area (Å²) in [6.45, 7) is 0. The SMILES string of the molecule is [O-]c1n[n+]2c(c3ccccc13)OC(c1ccc(Br)cc1)C21CC1. The van der Waals surface area contributed by atoms with Gasteiger partial charge in [0, 0.05) is 22.7 Å². The number of ether oxygens (including phenoxy) is 1. The number of aromatic nitrogens is 2. The van der Waals surface area contributed by atoms with Crippen LogP contribution < -0.4 is 14.5 Å². The van der Waals surface area contributed by atoms with E-state index in [0.717, 1.165) is 28.3 Å². The summed E-state index contributed by atoms with van der Waals surface area (Å²) >= 11 is 3.47. The first-order valence-electron chi connectivity index (χ1n) is 7.64. The van der Waals surface area contributed by atoms with Crippen molar-refractivity contribution < 1.29 is 14.5 Å². The maximum absolute atomic E-state index is 12.3. The summed E-state index contributed by atoms with van der Waals surface area (Å²) in [6, 6.07) is 15.7. The van der Waals surface area contributed by atoms with Gasteiger partial charge in [-0.2, -0.15) is 0 Å². The van der Waals surface area contributed by atoms with E-state index >= 15 is 0 Å². The fraction of sp³-hybridized carbons (Fsp3) is 0.222. The standard InChI is InChI=1S/C18H13BrN2O2/c19-12-7-5-11(6-8-12)15-18(9-10-18)21-17(23-15)14-4-2-1-3-13(14)16(22)20-21/h1-8,15H,9-10H2. The molecule has 1 atom stereocenters. The van der Waals surface area contributed by atoms with Gasteiger partial charge in [-0.3, -0.25) is 0 Å². The molecule has 1 spiro atoms. The molecule has 0 bridgehead atoms. The fourth-order valence-corrected chi connectivity index (χ4v) is 3.79. The molecule has 5 heteroatoms. The Kier molecular flexibility index (Phi) is 2.57. The second-order valence-electron chi connectivity index (χ2n) is 6.22. The number of hydrogen-bond acceptors (Lipinski definition) is 3. The minimum Gasteiger partial charge on any atom is -0.854 e. The lowest BCUT2D eigenvalue weighted by atomic mass is 10.0. The maximum Gasteiger partial charge on any atom is 0.403 e. The Balaban J connectivity index is 1.72. The zero-order valence-corrected chi connectivity index (χ0v) is 13.8. The van der Waals surface area contributed by atoms with Crippen molar-refractivity contribution >= 4 is 26.7 Å². The average molecular weight is 369 g/mol. The van der Waals surface area contributed by atoms with Gasteiger partial charge < -0.3 is 9.84 Å². The van der Waals surface area contributed by atoms with Crippen LogP contribution in [0.4, 0.5) is 0 Å². The predicted molar refractivity (Wildman–Crippen MR) is 86.1 cm³/mol. The topological polar surface area (TPSA) is 49.1 Å². The molecule has 1 aromatic heterocycles. The van der Waals surface area contributed by atoms with Crippen LogP contribution >= 0.6 is 15.9 Å². The van der Waals surface area contributed by atoms with Crippen molar-refractivity contribution in [2.45, 2.75) is 24.5 Å². The summed E-state index contributed by atoms with van der Waals surface area (Å²) < 4.78 is 9.20. The van der Waals surface area contributed by atoms with Gasteiger partial charge in [0.1, 0.15) is 0 Å². The van der Waals surface area contributed by atoms with Crippen LogP contribution in [-0.4, -0.2) is 5.10 Å². The number of halogens is 1. The molecule has 23 heavy (non-hydrogen) atoms. The highest BCUT2D eigenvalue weighted by Gasteiger charge is 2.68. The van der Waals surface area contributed by atoms with Gasteiger partial charge in [0.05, 0.1) is 11.3 Å². The van der Waals surface area contributed by atoms with Crippen molar-refractivity contribution in [2.75, 3.05) is 0 Å². The second-order valence-corrected chi connectivity index (χ2v) is 7.14. The molecule has 0 radical (unpaired) electrons. The predicted octanol–water partition coefficient (Wildman–Crippen LogP) is 2.98. The van der Waals surface area contributed by atoms with E-state index in [0.29, 0.717) is 11.3 Å². The van der Waals surface area contributed by atoms with Crippen LogP contribution in [-0.2, 0) is 5.54 Å². The molecule has 2 heterocycles. The van der Waals surface area contributed by atoms with Crippen LogP contribution in [0.2, 0.25) is 0 Å². The van der Waals surface area contributed by atoms with Gasteiger partial charge in [0.2, 0.25) is 5.54 Å². The molecule has 2 aliphatic rings. The van der Waals surface area contributed by atoms with Crippen molar-refractivity contribution in [1.29, 1.82) is 0 Å². The lowest BCUT2D eigenvalue weighted by Crippen LogP contribution is -2.48. The summed E-state index contributed by atoms with van der Waals surface area (Å²) in [5, 5.41) is 18.1. The molecule has 2 aromatic carbocycles. The van der Waals surface area contributed by atoms with Crippen LogP contribution in [0.25, 0.3) is 10.8 Å². The largest absolute Gasteiger partial charge is 0.854 e. The van der Waals surface area contributed by atoms with Crippen LogP contribution in [0.1, 0.15) is 24.5 Å². The number of hydrogen-bond donors (Lipinski definition) is 0. The molecule has 1 unspecified atom stereocenters. The van der Waals surface area contributed by atoms with Crippen LogP contribution in [0.15, 0.2) is 53.0 Å². The maximum atomic E-state index is 12.3. The molecule has 0 amide bonds. The van der Waals surface area contributed by atoms with Crippen molar-refractivity contribution in [3.63, 3.8) is 0 Å². The minimum atomic E-state index is -0.202. The molecule has 1 aliphatic heterocycles. The molecular formula is C18H13BrN2O2. The third-order valence-electron chi connectivity index (χ3n) is 4.85. The Bertz CT molecular complexity index is 936. The number of fused-ring (bicyclic) bond motifs is 4. The Morgan fingerprint density at radius 2 is 1.78 bits per heavy atom. The summed E-state index contributed by atoms with van der Waals surface area (Å²) in [6.07, 6.45) is 1.88. The smallest absolute Gasteiger partial charge is 0.403 e. The van der Waals surface area contributed by atoms with E-state index in [2.05, 4.69) is 33.2 Å². The number of rotatable bonds is 1. The molecule has 1 fully saturated rings. The zero-order chi connectivity index (χ0) is 15.6. The summed E-state index contributed by atoms with van der Waals surface area (Å²) in [5.41, 5.74) is 0.916. The number of nitrogens with zero attached hydrogens (tertiary/aromatic N) is 2. The minimum absolute atomic E-state index is 0.0895. The van der Waals surface area contributed by atoms with Gasteiger partial charge in [0.15, 0.2) is 6.10 Å². The molecular weight excluding hydrogens is 356 g/mol. The van der Waals surface area contributed by atoms with Gasteiger partial charge >= 0.3 is 5.88 Å². The van der Waals surface area contributed by atoms with E-state index in [-0.39, 0.29) is 17.5 Å². The highest BCUT2D eigenvalue weighted by molar-refractivity contribution is 9.10. The third-order valence-corrected chi connectivity index (χ3v) is 5.37. The Labute approximate surface area is 141 Å². The van der Waals surface area contributed by atoms with Crippen molar-refractivity contribution in [1.82, 2.24) is 5.10 Å². The quantitative estimate of drug-likeness (QED) is 0.620. The Hall–Kier alpha value is -2.14.